The number of carbonyl (C=O) groups excluding carboxylic acids is 1. The maximum absolute atomic E-state index is 12.6. The van der Waals surface area contributed by atoms with E-state index in [9.17, 15) is 4.79 Å². The number of hydrogen-bond acceptors (Lipinski definition) is 7. The fraction of sp³-hybridized carbons (Fsp3) is 0.143. The third-order valence-corrected chi connectivity index (χ3v) is 5.18. The molecule has 146 valence electrons. The van der Waals surface area contributed by atoms with Gasteiger partial charge in [0.2, 0.25) is 11.1 Å². The van der Waals surface area contributed by atoms with Crippen LogP contribution in [-0.2, 0) is 4.79 Å². The van der Waals surface area contributed by atoms with Crippen molar-refractivity contribution in [3.8, 4) is 22.9 Å². The number of nitrogens with one attached hydrogen (secondary N) is 1. The van der Waals surface area contributed by atoms with Crippen molar-refractivity contribution in [2.75, 3.05) is 5.32 Å². The van der Waals surface area contributed by atoms with Gasteiger partial charge in [-0.05, 0) is 49.7 Å². The van der Waals surface area contributed by atoms with Crippen LogP contribution in [0, 0.1) is 6.92 Å². The van der Waals surface area contributed by atoms with Gasteiger partial charge >= 0.3 is 0 Å². The lowest BCUT2D eigenvalue weighted by Gasteiger charge is -2.13. The van der Waals surface area contributed by atoms with E-state index in [1.54, 1.807) is 43.7 Å². The number of benzene rings is 1. The molecule has 3 heterocycles. The minimum atomic E-state index is -0.421. The number of para-hydroxylation sites is 1. The first-order valence-electron chi connectivity index (χ1n) is 8.97. The molecule has 29 heavy (non-hydrogen) atoms. The van der Waals surface area contributed by atoms with Crippen LogP contribution in [0.3, 0.4) is 0 Å². The molecule has 7 nitrogen and oxygen atoms in total. The fourth-order valence-electron chi connectivity index (χ4n) is 2.68. The zero-order valence-electron chi connectivity index (χ0n) is 15.8. The minimum Gasteiger partial charge on any atom is -0.463 e. The zero-order valence-corrected chi connectivity index (χ0v) is 16.6. The molecular weight excluding hydrogens is 388 g/mol. The zero-order chi connectivity index (χ0) is 20.2. The first-order valence-corrected chi connectivity index (χ1v) is 9.85. The van der Waals surface area contributed by atoms with Gasteiger partial charge in [0.1, 0.15) is 5.69 Å². The van der Waals surface area contributed by atoms with Crippen LogP contribution in [0.15, 0.2) is 75.0 Å². The summed E-state index contributed by atoms with van der Waals surface area (Å²) >= 11 is 1.23. The van der Waals surface area contributed by atoms with Crippen molar-refractivity contribution < 1.29 is 13.6 Å². The Morgan fingerprint density at radius 1 is 0.966 bits per heavy atom. The molecule has 3 aromatic heterocycles. The summed E-state index contributed by atoms with van der Waals surface area (Å²) in [5.41, 5.74) is 2.77. The van der Waals surface area contributed by atoms with Crippen LogP contribution >= 0.6 is 11.8 Å². The van der Waals surface area contributed by atoms with Crippen LogP contribution in [-0.4, -0.2) is 26.3 Å². The normalized spacial score (nSPS) is 11.9. The van der Waals surface area contributed by atoms with Crippen LogP contribution in [0.25, 0.3) is 22.9 Å². The average Bonchev–Trinajstić information content (AvgIpc) is 3.44. The van der Waals surface area contributed by atoms with E-state index in [0.717, 1.165) is 11.3 Å². The topological polar surface area (TPSA) is 94.1 Å². The fourth-order valence-corrected chi connectivity index (χ4v) is 3.40. The van der Waals surface area contributed by atoms with Crippen LogP contribution in [0.2, 0.25) is 0 Å². The van der Waals surface area contributed by atoms with Crippen LogP contribution in [0.4, 0.5) is 5.69 Å². The van der Waals surface area contributed by atoms with Gasteiger partial charge in [-0.1, -0.05) is 30.0 Å². The van der Waals surface area contributed by atoms with Gasteiger partial charge in [-0.3, -0.25) is 4.79 Å². The molecule has 0 aliphatic heterocycles. The van der Waals surface area contributed by atoms with Crippen molar-refractivity contribution in [1.29, 1.82) is 0 Å². The van der Waals surface area contributed by atoms with Crippen LogP contribution < -0.4 is 5.32 Å². The summed E-state index contributed by atoms with van der Waals surface area (Å²) in [6.45, 7) is 3.75. The standard InChI is InChI=1S/C21H18N4O3S/c1-13-7-3-4-8-15(13)22-20(26)14(2)29-21-23-18(16-9-5-11-27-16)19(24-25-21)17-10-6-12-28-17/h3-12,14H,1-2H3,(H,22,26). The minimum absolute atomic E-state index is 0.137. The Labute approximate surface area is 171 Å². The molecule has 0 saturated carbocycles. The van der Waals surface area contributed by atoms with Crippen molar-refractivity contribution in [3.05, 3.63) is 66.6 Å². The monoisotopic (exact) mass is 406 g/mol. The first-order chi connectivity index (χ1) is 14.1. The molecule has 1 amide bonds. The first kappa shape index (κ1) is 18.9. The number of anilines is 1. The highest BCUT2D eigenvalue weighted by atomic mass is 32.2. The molecule has 1 aromatic carbocycles. The highest BCUT2D eigenvalue weighted by molar-refractivity contribution is 8.00. The number of thioether (sulfide) groups is 1. The molecule has 4 aromatic rings. The van der Waals surface area contributed by atoms with E-state index in [2.05, 4.69) is 20.5 Å². The SMILES string of the molecule is Cc1ccccc1NC(=O)C(C)Sc1nnc(-c2ccco2)c(-c2ccco2)n1. The number of aryl methyl sites for hydroxylation is 1. The summed E-state index contributed by atoms with van der Waals surface area (Å²) in [6.07, 6.45) is 3.12. The number of amides is 1. The molecule has 1 unspecified atom stereocenters. The molecular formula is C21H18N4O3S. The molecule has 0 saturated heterocycles. The predicted molar refractivity (Wildman–Crippen MR) is 110 cm³/mol. The smallest absolute Gasteiger partial charge is 0.237 e. The number of furan rings is 2. The van der Waals surface area contributed by atoms with Crippen molar-refractivity contribution in [3.63, 3.8) is 0 Å². The van der Waals surface area contributed by atoms with Gasteiger partial charge < -0.3 is 14.2 Å². The second kappa shape index (κ2) is 8.32. The van der Waals surface area contributed by atoms with Crippen LogP contribution in [0.5, 0.6) is 0 Å². The Morgan fingerprint density at radius 2 is 1.66 bits per heavy atom. The highest BCUT2D eigenvalue weighted by Crippen LogP contribution is 2.31. The molecule has 0 radical (unpaired) electrons. The summed E-state index contributed by atoms with van der Waals surface area (Å²) < 4.78 is 10.9. The van der Waals surface area contributed by atoms with E-state index in [1.807, 2.05) is 31.2 Å². The van der Waals surface area contributed by atoms with Gasteiger partial charge in [0.25, 0.3) is 0 Å². The van der Waals surface area contributed by atoms with E-state index in [0.29, 0.717) is 28.1 Å². The Morgan fingerprint density at radius 3 is 2.31 bits per heavy atom. The number of rotatable bonds is 6. The summed E-state index contributed by atoms with van der Waals surface area (Å²) in [6, 6.07) is 14.7. The predicted octanol–water partition coefficient (Wildman–Crippen LogP) is 4.82. The number of carbonyl (C=O) groups is 1. The number of aromatic nitrogens is 3. The lowest BCUT2D eigenvalue weighted by molar-refractivity contribution is -0.115. The summed E-state index contributed by atoms with van der Waals surface area (Å²) in [5.74, 6) is 0.950. The Kier molecular flexibility index (Phi) is 5.44. The molecule has 4 rings (SSSR count). The number of hydrogen-bond donors (Lipinski definition) is 1. The van der Waals surface area contributed by atoms with Gasteiger partial charge in [-0.25, -0.2) is 4.98 Å². The molecule has 8 heteroatoms. The van der Waals surface area contributed by atoms with E-state index in [4.69, 9.17) is 8.83 Å². The quantitative estimate of drug-likeness (QED) is 0.459. The number of nitrogens with zero attached hydrogens (tertiary/aromatic N) is 3. The Balaban J connectivity index is 1.56. The third kappa shape index (κ3) is 4.22. The second-order valence-corrected chi connectivity index (χ2v) is 7.62. The molecule has 1 N–H and O–H groups in total. The molecule has 0 fully saturated rings. The van der Waals surface area contributed by atoms with Gasteiger partial charge in [0.15, 0.2) is 17.2 Å². The lowest BCUT2D eigenvalue weighted by atomic mass is 10.2. The van der Waals surface area contributed by atoms with E-state index >= 15 is 0 Å². The van der Waals surface area contributed by atoms with E-state index < -0.39 is 5.25 Å². The van der Waals surface area contributed by atoms with Crippen molar-refractivity contribution >= 4 is 23.4 Å². The van der Waals surface area contributed by atoms with E-state index in [-0.39, 0.29) is 5.91 Å². The lowest BCUT2D eigenvalue weighted by Crippen LogP contribution is -2.23. The Hall–Kier alpha value is -3.39. The molecule has 0 aliphatic carbocycles. The molecule has 0 aliphatic rings. The summed E-state index contributed by atoms with van der Waals surface area (Å²) in [7, 11) is 0. The molecule has 0 spiro atoms. The maximum Gasteiger partial charge on any atom is 0.237 e. The Bertz CT molecular complexity index is 1110. The van der Waals surface area contributed by atoms with Gasteiger partial charge in [0, 0.05) is 5.69 Å². The van der Waals surface area contributed by atoms with Crippen molar-refractivity contribution in [2.45, 2.75) is 24.3 Å². The van der Waals surface area contributed by atoms with E-state index in [1.165, 1.54) is 11.8 Å². The van der Waals surface area contributed by atoms with Gasteiger partial charge in [0.05, 0.1) is 17.8 Å². The van der Waals surface area contributed by atoms with Crippen molar-refractivity contribution in [2.24, 2.45) is 0 Å². The summed E-state index contributed by atoms with van der Waals surface area (Å²) in [4.78, 5) is 17.2. The maximum atomic E-state index is 12.6. The van der Waals surface area contributed by atoms with Gasteiger partial charge in [-0.15, -0.1) is 10.2 Å². The molecule has 0 bridgehead atoms. The van der Waals surface area contributed by atoms with Crippen molar-refractivity contribution in [1.82, 2.24) is 15.2 Å². The largest absolute Gasteiger partial charge is 0.463 e. The highest BCUT2D eigenvalue weighted by Gasteiger charge is 2.21. The summed E-state index contributed by atoms with van der Waals surface area (Å²) in [5, 5.41) is 11.3. The molecule has 1 atom stereocenters. The third-order valence-electron chi connectivity index (χ3n) is 4.23. The average molecular weight is 406 g/mol. The van der Waals surface area contributed by atoms with Crippen LogP contribution in [0.1, 0.15) is 12.5 Å². The van der Waals surface area contributed by atoms with Gasteiger partial charge in [-0.2, -0.15) is 0 Å². The second-order valence-electron chi connectivity index (χ2n) is 6.31.